The molecule has 0 fully saturated rings. The maximum atomic E-state index is 13.5. The molecule has 1 heterocycles. The molecule has 7 nitrogen and oxygen atoms in total. The molecular formula is C27H25N3O4S. The lowest BCUT2D eigenvalue weighted by molar-refractivity contribution is -0.139. The van der Waals surface area contributed by atoms with E-state index in [1.54, 1.807) is 50.1 Å². The number of nitrogens with one attached hydrogen (secondary N) is 1. The second-order valence-electron chi connectivity index (χ2n) is 7.64. The molecule has 0 saturated heterocycles. The van der Waals surface area contributed by atoms with Crippen LogP contribution < -0.4 is 10.3 Å². The van der Waals surface area contributed by atoms with Gasteiger partial charge < -0.3 is 9.47 Å². The number of aromatic nitrogens is 2. The molecule has 0 spiro atoms. The molecular weight excluding hydrogens is 462 g/mol. The Kier molecular flexibility index (Phi) is 7.52. The normalized spacial score (nSPS) is 11.3. The van der Waals surface area contributed by atoms with Gasteiger partial charge in [0.15, 0.2) is 0 Å². The van der Waals surface area contributed by atoms with Crippen LogP contribution in [0, 0.1) is 0 Å². The van der Waals surface area contributed by atoms with Crippen LogP contribution in [0.2, 0.25) is 0 Å². The third-order valence-electron chi connectivity index (χ3n) is 5.33. The molecule has 0 aliphatic rings. The number of nitrogens with zero attached hydrogens (tertiary/aromatic N) is 2. The van der Waals surface area contributed by atoms with Crippen molar-refractivity contribution < 1.29 is 14.3 Å². The van der Waals surface area contributed by atoms with Gasteiger partial charge >= 0.3 is 5.97 Å². The van der Waals surface area contributed by atoms with Gasteiger partial charge in [0, 0.05) is 9.79 Å². The maximum Gasteiger partial charge on any atom is 0.311 e. The highest BCUT2D eigenvalue weighted by Gasteiger charge is 2.21. The van der Waals surface area contributed by atoms with Crippen LogP contribution in [0.1, 0.15) is 18.2 Å². The van der Waals surface area contributed by atoms with Crippen LogP contribution in [-0.2, 0) is 16.0 Å². The van der Waals surface area contributed by atoms with E-state index < -0.39 is 5.97 Å². The Morgan fingerprint density at radius 1 is 0.971 bits per heavy atom. The Hall–Kier alpha value is -4.04. The van der Waals surface area contributed by atoms with E-state index in [9.17, 15) is 9.59 Å². The van der Waals surface area contributed by atoms with Crippen LogP contribution in [0.15, 0.2) is 98.4 Å². The highest BCUT2D eigenvalue weighted by Crippen LogP contribution is 2.35. The number of carbonyl (C=O) groups excluding carboxylic acids is 1. The van der Waals surface area contributed by atoms with Gasteiger partial charge in [-0.25, -0.2) is 4.68 Å². The van der Waals surface area contributed by atoms with Crippen molar-refractivity contribution in [1.29, 1.82) is 0 Å². The zero-order chi connectivity index (χ0) is 24.8. The maximum absolute atomic E-state index is 13.5. The van der Waals surface area contributed by atoms with Crippen molar-refractivity contribution in [2.24, 2.45) is 4.99 Å². The summed E-state index contributed by atoms with van der Waals surface area (Å²) in [5.41, 5.74) is 2.32. The first-order chi connectivity index (χ1) is 17.0. The number of aliphatic imine (C=N–C) groups is 1. The average Bonchev–Trinajstić information content (AvgIpc) is 3.21. The lowest BCUT2D eigenvalue weighted by Gasteiger charge is -2.07. The molecule has 0 aliphatic heterocycles. The summed E-state index contributed by atoms with van der Waals surface area (Å²) >= 11 is 1.60. The van der Waals surface area contributed by atoms with Gasteiger partial charge in [0.1, 0.15) is 5.75 Å². The van der Waals surface area contributed by atoms with Crippen molar-refractivity contribution in [1.82, 2.24) is 9.78 Å². The number of aromatic amines is 1. The highest BCUT2D eigenvalue weighted by atomic mass is 32.2. The molecule has 3 aromatic carbocycles. The van der Waals surface area contributed by atoms with Gasteiger partial charge in [-0.15, -0.1) is 0 Å². The lowest BCUT2D eigenvalue weighted by Crippen LogP contribution is -2.20. The molecule has 0 aliphatic carbocycles. The molecule has 178 valence electrons. The molecule has 1 N–H and O–H groups in total. The standard InChI is InChI=1S/C27H25N3O4S/c1-18(28-22-11-7-8-12-24(22)35-21-9-5-4-6-10-21)26-23(17-25(31)34-3)29-30(27(26)32)19-13-15-20(33-2)16-14-19/h4-16,29H,17H2,1-3H3. The minimum atomic E-state index is -0.456. The number of carbonyl (C=O) groups is 1. The molecule has 8 heteroatoms. The minimum absolute atomic E-state index is 0.0858. The van der Waals surface area contributed by atoms with Crippen LogP contribution in [0.5, 0.6) is 5.75 Å². The molecule has 0 radical (unpaired) electrons. The summed E-state index contributed by atoms with van der Waals surface area (Å²) in [6.07, 6.45) is -0.0858. The Morgan fingerprint density at radius 2 is 1.66 bits per heavy atom. The second kappa shape index (κ2) is 10.9. The topological polar surface area (TPSA) is 85.7 Å². The smallest absolute Gasteiger partial charge is 0.311 e. The van der Waals surface area contributed by atoms with Crippen LogP contribution in [0.25, 0.3) is 5.69 Å². The van der Waals surface area contributed by atoms with Crippen molar-refractivity contribution in [2.75, 3.05) is 14.2 Å². The zero-order valence-corrected chi connectivity index (χ0v) is 20.5. The van der Waals surface area contributed by atoms with Crippen molar-refractivity contribution in [3.05, 3.63) is 100 Å². The van der Waals surface area contributed by atoms with Crippen molar-refractivity contribution in [2.45, 2.75) is 23.1 Å². The number of methoxy groups -OCH3 is 2. The number of hydrogen-bond donors (Lipinski definition) is 1. The summed E-state index contributed by atoms with van der Waals surface area (Å²) in [5, 5.41) is 3.07. The molecule has 0 unspecified atom stereocenters. The van der Waals surface area contributed by atoms with Gasteiger partial charge in [-0.3, -0.25) is 19.7 Å². The Morgan fingerprint density at radius 3 is 2.34 bits per heavy atom. The Labute approximate surface area is 207 Å². The quantitative estimate of drug-likeness (QED) is 0.273. The number of ether oxygens (including phenoxy) is 2. The van der Waals surface area contributed by atoms with E-state index in [4.69, 9.17) is 14.5 Å². The number of hydrogen-bond acceptors (Lipinski definition) is 6. The molecule has 0 atom stereocenters. The molecule has 4 aromatic rings. The van der Waals surface area contributed by atoms with E-state index in [0.717, 1.165) is 15.5 Å². The third kappa shape index (κ3) is 5.55. The van der Waals surface area contributed by atoms with E-state index in [0.29, 0.717) is 28.4 Å². The fourth-order valence-corrected chi connectivity index (χ4v) is 4.51. The largest absolute Gasteiger partial charge is 0.497 e. The van der Waals surface area contributed by atoms with E-state index in [2.05, 4.69) is 5.10 Å². The van der Waals surface area contributed by atoms with Crippen LogP contribution in [-0.4, -0.2) is 35.7 Å². The zero-order valence-electron chi connectivity index (χ0n) is 19.6. The van der Waals surface area contributed by atoms with Crippen LogP contribution >= 0.6 is 11.8 Å². The first-order valence-corrected chi connectivity index (χ1v) is 11.7. The Balaban J connectivity index is 1.77. The van der Waals surface area contributed by atoms with E-state index in [-0.39, 0.29) is 12.0 Å². The van der Waals surface area contributed by atoms with E-state index in [1.807, 2.05) is 54.6 Å². The summed E-state index contributed by atoms with van der Waals surface area (Å²) < 4.78 is 11.5. The molecule has 0 bridgehead atoms. The van der Waals surface area contributed by atoms with Gasteiger partial charge in [-0.2, -0.15) is 0 Å². The highest BCUT2D eigenvalue weighted by molar-refractivity contribution is 7.99. The van der Waals surface area contributed by atoms with Gasteiger partial charge in [0.2, 0.25) is 0 Å². The number of rotatable bonds is 8. The Bertz CT molecular complexity index is 1410. The predicted octanol–water partition coefficient (Wildman–Crippen LogP) is 5.18. The van der Waals surface area contributed by atoms with E-state index >= 15 is 0 Å². The fourth-order valence-electron chi connectivity index (χ4n) is 3.60. The minimum Gasteiger partial charge on any atom is -0.497 e. The number of H-pyrrole nitrogens is 1. The summed E-state index contributed by atoms with van der Waals surface area (Å²) in [6.45, 7) is 1.77. The SMILES string of the molecule is COC(=O)Cc1[nH]n(-c2ccc(OC)cc2)c(=O)c1C(C)=Nc1ccccc1Sc1ccccc1. The summed E-state index contributed by atoms with van der Waals surface area (Å²) in [4.78, 5) is 32.4. The van der Waals surface area contributed by atoms with Crippen molar-refractivity contribution in [3.8, 4) is 11.4 Å². The first kappa shape index (κ1) is 24.1. The lowest BCUT2D eigenvalue weighted by atomic mass is 10.1. The van der Waals surface area contributed by atoms with Crippen molar-refractivity contribution >= 4 is 29.1 Å². The van der Waals surface area contributed by atoms with Gasteiger partial charge in [0.25, 0.3) is 5.56 Å². The second-order valence-corrected chi connectivity index (χ2v) is 8.75. The van der Waals surface area contributed by atoms with Crippen LogP contribution in [0.4, 0.5) is 5.69 Å². The number of para-hydroxylation sites is 1. The summed E-state index contributed by atoms with van der Waals surface area (Å²) in [6, 6.07) is 24.8. The monoisotopic (exact) mass is 487 g/mol. The van der Waals surface area contributed by atoms with Gasteiger partial charge in [0.05, 0.1) is 49.0 Å². The van der Waals surface area contributed by atoms with Crippen LogP contribution in [0.3, 0.4) is 0 Å². The van der Waals surface area contributed by atoms with Gasteiger partial charge in [-0.1, -0.05) is 42.1 Å². The average molecular weight is 488 g/mol. The first-order valence-electron chi connectivity index (χ1n) is 10.9. The molecule has 0 saturated carbocycles. The van der Waals surface area contributed by atoms with Crippen molar-refractivity contribution in [3.63, 3.8) is 0 Å². The summed E-state index contributed by atoms with van der Waals surface area (Å²) in [7, 11) is 2.90. The van der Waals surface area contributed by atoms with E-state index in [1.165, 1.54) is 11.8 Å². The number of esters is 1. The molecule has 0 amide bonds. The predicted molar refractivity (Wildman–Crippen MR) is 138 cm³/mol. The third-order valence-corrected chi connectivity index (χ3v) is 6.40. The van der Waals surface area contributed by atoms with Gasteiger partial charge in [-0.05, 0) is 55.5 Å². The summed E-state index contributed by atoms with van der Waals surface area (Å²) in [5.74, 6) is 0.218. The molecule has 1 aromatic heterocycles. The molecule has 4 rings (SSSR count). The fraction of sp³-hybridized carbons (Fsp3) is 0.148. The number of benzene rings is 3. The molecule has 35 heavy (non-hydrogen) atoms.